The predicted octanol–water partition coefficient (Wildman–Crippen LogP) is 4.72. The lowest BCUT2D eigenvalue weighted by Crippen LogP contribution is -2.34. The van der Waals surface area contributed by atoms with Gasteiger partial charge in [-0.2, -0.15) is 0 Å². The molecule has 3 aromatic carbocycles. The first-order chi connectivity index (χ1) is 13.4. The van der Waals surface area contributed by atoms with E-state index in [0.29, 0.717) is 6.54 Å². The second-order valence-electron chi connectivity index (χ2n) is 7.07. The number of rotatable bonds is 6. The summed E-state index contributed by atoms with van der Waals surface area (Å²) in [6.45, 7) is 6.45. The van der Waals surface area contributed by atoms with Crippen LogP contribution in [0.5, 0.6) is 11.5 Å². The molecule has 28 heavy (non-hydrogen) atoms. The Balaban J connectivity index is 1.60. The van der Waals surface area contributed by atoms with E-state index in [1.807, 2.05) is 75.4 Å². The summed E-state index contributed by atoms with van der Waals surface area (Å²) < 4.78 is 5.78. The molecule has 0 saturated carbocycles. The Hall–Kier alpha value is -3.11. The zero-order chi connectivity index (χ0) is 20.1. The number of carbonyl (C=O) groups is 1. The molecule has 3 rings (SSSR count). The average molecular weight is 374 g/mol. The van der Waals surface area contributed by atoms with Gasteiger partial charge < -0.3 is 15.8 Å². The number of benzene rings is 3. The van der Waals surface area contributed by atoms with Gasteiger partial charge in [-0.3, -0.25) is 4.79 Å². The quantitative estimate of drug-likeness (QED) is 0.656. The van der Waals surface area contributed by atoms with Crippen molar-refractivity contribution >= 4 is 5.91 Å². The SMILES string of the molecule is Cc1cc(C)c(C(N)C(=O)NCc2ccc(Oc3ccccc3)cc2)c(C)c1. The normalized spacial score (nSPS) is 11.7. The van der Waals surface area contributed by atoms with Gasteiger partial charge in [0.1, 0.15) is 17.5 Å². The lowest BCUT2D eigenvalue weighted by atomic mass is 9.94. The van der Waals surface area contributed by atoms with Crippen molar-refractivity contribution < 1.29 is 9.53 Å². The van der Waals surface area contributed by atoms with Crippen LogP contribution in [0.15, 0.2) is 66.7 Å². The van der Waals surface area contributed by atoms with E-state index in [-0.39, 0.29) is 5.91 Å². The maximum absolute atomic E-state index is 12.6. The molecule has 0 heterocycles. The maximum atomic E-state index is 12.6. The van der Waals surface area contributed by atoms with Gasteiger partial charge in [0.25, 0.3) is 0 Å². The van der Waals surface area contributed by atoms with Gasteiger partial charge in [0, 0.05) is 6.54 Å². The summed E-state index contributed by atoms with van der Waals surface area (Å²) in [4.78, 5) is 12.6. The first-order valence-corrected chi connectivity index (χ1v) is 9.37. The molecule has 0 bridgehead atoms. The van der Waals surface area contributed by atoms with Gasteiger partial charge in [-0.15, -0.1) is 0 Å². The molecule has 0 spiro atoms. The molecule has 3 aromatic rings. The van der Waals surface area contributed by atoms with Crippen LogP contribution in [0.25, 0.3) is 0 Å². The van der Waals surface area contributed by atoms with Crippen molar-refractivity contribution in [1.29, 1.82) is 0 Å². The number of carbonyl (C=O) groups excluding carboxylic acids is 1. The summed E-state index contributed by atoms with van der Waals surface area (Å²) in [5, 5.41) is 2.93. The van der Waals surface area contributed by atoms with Crippen LogP contribution in [0.4, 0.5) is 0 Å². The number of amides is 1. The first kappa shape index (κ1) is 19.6. The van der Waals surface area contributed by atoms with Gasteiger partial charge in [-0.1, -0.05) is 48.0 Å². The third kappa shape index (κ3) is 4.78. The molecule has 0 radical (unpaired) electrons. The molecule has 0 aliphatic heterocycles. The molecular formula is C24H26N2O2. The number of nitrogens with two attached hydrogens (primary N) is 1. The number of para-hydroxylation sites is 1. The Morgan fingerprint density at radius 1 is 0.929 bits per heavy atom. The van der Waals surface area contributed by atoms with E-state index < -0.39 is 6.04 Å². The number of ether oxygens (including phenoxy) is 1. The molecule has 0 saturated heterocycles. The van der Waals surface area contributed by atoms with Crippen molar-refractivity contribution in [3.8, 4) is 11.5 Å². The molecule has 1 unspecified atom stereocenters. The second kappa shape index (κ2) is 8.72. The monoisotopic (exact) mass is 374 g/mol. The van der Waals surface area contributed by atoms with Crippen LogP contribution in [-0.2, 0) is 11.3 Å². The molecule has 1 amide bonds. The van der Waals surface area contributed by atoms with E-state index in [0.717, 1.165) is 33.8 Å². The summed E-state index contributed by atoms with van der Waals surface area (Å²) >= 11 is 0. The highest BCUT2D eigenvalue weighted by atomic mass is 16.5. The number of aryl methyl sites for hydroxylation is 3. The average Bonchev–Trinajstić information content (AvgIpc) is 2.67. The minimum absolute atomic E-state index is 0.181. The van der Waals surface area contributed by atoms with Crippen molar-refractivity contribution in [3.63, 3.8) is 0 Å². The number of hydrogen-bond acceptors (Lipinski definition) is 3. The van der Waals surface area contributed by atoms with Crippen molar-refractivity contribution in [1.82, 2.24) is 5.32 Å². The first-order valence-electron chi connectivity index (χ1n) is 9.37. The third-order valence-corrected chi connectivity index (χ3v) is 4.70. The Kier molecular flexibility index (Phi) is 6.12. The molecule has 0 fully saturated rings. The van der Waals surface area contributed by atoms with Crippen LogP contribution in [0.1, 0.15) is 33.9 Å². The van der Waals surface area contributed by atoms with Crippen LogP contribution >= 0.6 is 0 Å². The largest absolute Gasteiger partial charge is 0.457 e. The second-order valence-corrected chi connectivity index (χ2v) is 7.07. The van der Waals surface area contributed by atoms with E-state index in [1.165, 1.54) is 5.56 Å². The fourth-order valence-corrected chi connectivity index (χ4v) is 3.41. The zero-order valence-electron chi connectivity index (χ0n) is 16.5. The van der Waals surface area contributed by atoms with Crippen LogP contribution in [0, 0.1) is 20.8 Å². The molecule has 3 N–H and O–H groups in total. The van der Waals surface area contributed by atoms with E-state index >= 15 is 0 Å². The topological polar surface area (TPSA) is 64.4 Å². The smallest absolute Gasteiger partial charge is 0.241 e. The molecule has 1 atom stereocenters. The van der Waals surface area contributed by atoms with Gasteiger partial charge in [0.2, 0.25) is 5.91 Å². The Bertz CT molecular complexity index is 927. The number of hydrogen-bond donors (Lipinski definition) is 2. The summed E-state index contributed by atoms with van der Waals surface area (Å²) in [6, 6.07) is 20.7. The lowest BCUT2D eigenvalue weighted by Gasteiger charge is -2.18. The summed E-state index contributed by atoms with van der Waals surface area (Å²) in [6.07, 6.45) is 0. The Morgan fingerprint density at radius 2 is 1.50 bits per heavy atom. The van der Waals surface area contributed by atoms with Crippen LogP contribution in [0.3, 0.4) is 0 Å². The fraction of sp³-hybridized carbons (Fsp3) is 0.208. The molecular weight excluding hydrogens is 348 g/mol. The van der Waals surface area contributed by atoms with Crippen molar-refractivity contribution in [2.75, 3.05) is 0 Å². The Labute approximate surface area is 166 Å². The van der Waals surface area contributed by atoms with Gasteiger partial charge in [-0.05, 0) is 67.3 Å². The number of nitrogens with one attached hydrogen (secondary N) is 1. The molecule has 4 heteroatoms. The lowest BCUT2D eigenvalue weighted by molar-refractivity contribution is -0.122. The van der Waals surface area contributed by atoms with Crippen LogP contribution in [-0.4, -0.2) is 5.91 Å². The van der Waals surface area contributed by atoms with Crippen molar-refractivity contribution in [2.45, 2.75) is 33.4 Å². The summed E-state index contributed by atoms with van der Waals surface area (Å²) in [7, 11) is 0. The van der Waals surface area contributed by atoms with Crippen molar-refractivity contribution in [3.05, 3.63) is 94.5 Å². The van der Waals surface area contributed by atoms with Crippen molar-refractivity contribution in [2.24, 2.45) is 5.73 Å². The van der Waals surface area contributed by atoms with Gasteiger partial charge in [0.05, 0.1) is 0 Å². The molecule has 0 aliphatic rings. The minimum Gasteiger partial charge on any atom is -0.457 e. The van der Waals surface area contributed by atoms with E-state index in [2.05, 4.69) is 17.4 Å². The van der Waals surface area contributed by atoms with Crippen LogP contribution < -0.4 is 15.8 Å². The standard InChI is InChI=1S/C24H26N2O2/c1-16-13-17(2)22(18(3)14-16)23(25)24(27)26-15-19-9-11-21(12-10-19)28-20-7-5-4-6-8-20/h4-14,23H,15,25H2,1-3H3,(H,26,27). The van der Waals surface area contributed by atoms with Gasteiger partial charge in [0.15, 0.2) is 0 Å². The fourth-order valence-electron chi connectivity index (χ4n) is 3.41. The zero-order valence-corrected chi connectivity index (χ0v) is 16.5. The van der Waals surface area contributed by atoms with E-state index in [1.54, 1.807) is 0 Å². The summed E-state index contributed by atoms with van der Waals surface area (Å²) in [5.41, 5.74) is 11.4. The third-order valence-electron chi connectivity index (χ3n) is 4.70. The summed E-state index contributed by atoms with van der Waals surface area (Å²) in [5.74, 6) is 1.36. The molecule has 144 valence electrons. The maximum Gasteiger partial charge on any atom is 0.241 e. The predicted molar refractivity (Wildman–Crippen MR) is 112 cm³/mol. The van der Waals surface area contributed by atoms with Crippen LogP contribution in [0.2, 0.25) is 0 Å². The van der Waals surface area contributed by atoms with E-state index in [9.17, 15) is 4.79 Å². The van der Waals surface area contributed by atoms with E-state index in [4.69, 9.17) is 10.5 Å². The highest BCUT2D eigenvalue weighted by Crippen LogP contribution is 2.23. The Morgan fingerprint density at radius 3 is 2.11 bits per heavy atom. The minimum atomic E-state index is -0.679. The van der Waals surface area contributed by atoms with Gasteiger partial charge in [-0.25, -0.2) is 0 Å². The highest BCUT2D eigenvalue weighted by molar-refractivity contribution is 5.83. The molecule has 0 aromatic heterocycles. The van der Waals surface area contributed by atoms with Gasteiger partial charge >= 0.3 is 0 Å². The molecule has 0 aliphatic carbocycles. The highest BCUT2D eigenvalue weighted by Gasteiger charge is 2.19. The molecule has 4 nitrogen and oxygen atoms in total.